The first kappa shape index (κ1) is 14.9. The second kappa shape index (κ2) is 6.41. The average molecular weight is 310 g/mol. The maximum atomic E-state index is 10.9. The van der Waals surface area contributed by atoms with Crippen molar-refractivity contribution in [3.63, 3.8) is 0 Å². The lowest BCUT2D eigenvalue weighted by Gasteiger charge is -2.15. The highest BCUT2D eigenvalue weighted by molar-refractivity contribution is 7.99. The maximum Gasteiger partial charge on any atom is 0.335 e. The molecule has 0 saturated heterocycles. The van der Waals surface area contributed by atoms with Crippen molar-refractivity contribution in [2.75, 3.05) is 5.75 Å². The summed E-state index contributed by atoms with van der Waals surface area (Å²) in [6.45, 7) is 2.06. The summed E-state index contributed by atoms with van der Waals surface area (Å²) in [6.07, 6.45) is 4.58. The summed E-state index contributed by atoms with van der Waals surface area (Å²) in [5.74, 6) is 0.331. The van der Waals surface area contributed by atoms with Gasteiger partial charge in [-0.1, -0.05) is 30.3 Å². The molecule has 1 aliphatic heterocycles. The number of thioether (sulfide) groups is 1. The monoisotopic (exact) mass is 310 g/mol. The molecule has 0 radical (unpaired) electrons. The number of hydrogen-bond acceptors (Lipinski definition) is 2. The van der Waals surface area contributed by atoms with Crippen LogP contribution in [-0.2, 0) is 6.42 Å². The van der Waals surface area contributed by atoms with Crippen LogP contribution >= 0.6 is 11.8 Å². The van der Waals surface area contributed by atoms with Crippen molar-refractivity contribution in [3.05, 3.63) is 64.7 Å². The highest BCUT2D eigenvalue weighted by Crippen LogP contribution is 2.31. The van der Waals surface area contributed by atoms with Gasteiger partial charge >= 0.3 is 5.97 Å². The van der Waals surface area contributed by atoms with Crippen LogP contribution in [0, 0.1) is 0 Å². The molecule has 0 unspecified atom stereocenters. The molecule has 1 aliphatic rings. The minimum Gasteiger partial charge on any atom is -0.478 e. The summed E-state index contributed by atoms with van der Waals surface area (Å²) in [5, 5.41) is 8.95. The first-order valence-corrected chi connectivity index (χ1v) is 8.40. The molecule has 1 N–H and O–H groups in total. The molecule has 3 rings (SSSR count). The van der Waals surface area contributed by atoms with Crippen molar-refractivity contribution in [3.8, 4) is 0 Å². The zero-order valence-electron chi connectivity index (χ0n) is 12.5. The number of hydrogen-bond donors (Lipinski definition) is 1. The molecule has 22 heavy (non-hydrogen) atoms. The molecule has 1 heterocycles. The molecular formula is C19H18O2S. The summed E-state index contributed by atoms with van der Waals surface area (Å²) in [7, 11) is 0. The van der Waals surface area contributed by atoms with Crippen LogP contribution in [0.25, 0.3) is 11.6 Å². The van der Waals surface area contributed by atoms with Crippen molar-refractivity contribution in [1.82, 2.24) is 0 Å². The Morgan fingerprint density at radius 1 is 1.14 bits per heavy atom. The molecule has 0 spiro atoms. The van der Waals surface area contributed by atoms with Gasteiger partial charge in [-0.2, -0.15) is 0 Å². The van der Waals surface area contributed by atoms with Crippen LogP contribution in [0.5, 0.6) is 0 Å². The first-order chi connectivity index (χ1) is 10.6. The predicted molar refractivity (Wildman–Crippen MR) is 92.4 cm³/mol. The SMILES string of the molecule is C/C(=C\c1ccc2c(c1)CCCS2)c1ccc(C(=O)O)cc1. The van der Waals surface area contributed by atoms with E-state index in [2.05, 4.69) is 31.2 Å². The topological polar surface area (TPSA) is 37.3 Å². The van der Waals surface area contributed by atoms with Crippen LogP contribution in [0.4, 0.5) is 0 Å². The molecule has 3 heteroatoms. The third-order valence-corrected chi connectivity index (χ3v) is 5.11. The number of carboxylic acids is 1. The fourth-order valence-electron chi connectivity index (χ4n) is 2.68. The van der Waals surface area contributed by atoms with Gasteiger partial charge in [0.05, 0.1) is 5.56 Å². The fraction of sp³-hybridized carbons (Fsp3) is 0.211. The molecule has 2 aromatic carbocycles. The Morgan fingerprint density at radius 2 is 1.86 bits per heavy atom. The molecule has 0 saturated carbocycles. The Kier molecular flexibility index (Phi) is 4.34. The van der Waals surface area contributed by atoms with E-state index in [1.165, 1.54) is 28.2 Å². The van der Waals surface area contributed by atoms with Gasteiger partial charge in [0.1, 0.15) is 0 Å². The van der Waals surface area contributed by atoms with E-state index in [1.807, 2.05) is 23.9 Å². The van der Waals surface area contributed by atoms with Crippen LogP contribution in [-0.4, -0.2) is 16.8 Å². The second-order valence-electron chi connectivity index (χ2n) is 5.53. The van der Waals surface area contributed by atoms with Gasteiger partial charge in [0.25, 0.3) is 0 Å². The molecule has 0 bridgehead atoms. The molecular weight excluding hydrogens is 292 g/mol. The Morgan fingerprint density at radius 3 is 2.59 bits per heavy atom. The van der Waals surface area contributed by atoms with E-state index in [0.29, 0.717) is 5.56 Å². The van der Waals surface area contributed by atoms with Crippen LogP contribution in [0.15, 0.2) is 47.4 Å². The molecule has 0 amide bonds. The van der Waals surface area contributed by atoms with Crippen molar-refractivity contribution < 1.29 is 9.90 Å². The van der Waals surface area contributed by atoms with E-state index in [0.717, 1.165) is 17.6 Å². The van der Waals surface area contributed by atoms with E-state index in [4.69, 9.17) is 5.11 Å². The summed E-state index contributed by atoms with van der Waals surface area (Å²) >= 11 is 1.94. The number of aromatic carboxylic acids is 1. The fourth-order valence-corrected chi connectivity index (χ4v) is 3.70. The molecule has 112 valence electrons. The smallest absolute Gasteiger partial charge is 0.335 e. The van der Waals surface area contributed by atoms with E-state index < -0.39 is 5.97 Å². The molecule has 0 atom stereocenters. The van der Waals surface area contributed by atoms with Crippen LogP contribution in [0.3, 0.4) is 0 Å². The van der Waals surface area contributed by atoms with Crippen LogP contribution in [0.2, 0.25) is 0 Å². The number of aryl methyl sites for hydroxylation is 1. The van der Waals surface area contributed by atoms with Crippen molar-refractivity contribution in [2.45, 2.75) is 24.7 Å². The average Bonchev–Trinajstić information content (AvgIpc) is 2.55. The van der Waals surface area contributed by atoms with E-state index in [-0.39, 0.29) is 0 Å². The summed E-state index contributed by atoms with van der Waals surface area (Å²) in [5.41, 5.74) is 5.17. The first-order valence-electron chi connectivity index (χ1n) is 7.41. The van der Waals surface area contributed by atoms with E-state index in [1.54, 1.807) is 12.1 Å². The molecule has 2 nitrogen and oxygen atoms in total. The normalized spacial score (nSPS) is 14.5. The minimum absolute atomic E-state index is 0.322. The molecule has 2 aromatic rings. The Labute approximate surface area is 134 Å². The number of fused-ring (bicyclic) bond motifs is 1. The van der Waals surface area contributed by atoms with Crippen molar-refractivity contribution >= 4 is 29.4 Å². The number of carboxylic acid groups (broad SMARTS) is 1. The number of benzene rings is 2. The predicted octanol–water partition coefficient (Wildman–Crippen LogP) is 4.98. The molecule has 0 fully saturated rings. The quantitative estimate of drug-likeness (QED) is 0.812. The van der Waals surface area contributed by atoms with Gasteiger partial charge in [0.15, 0.2) is 0 Å². The number of carbonyl (C=O) groups is 1. The Bertz CT molecular complexity index is 730. The van der Waals surface area contributed by atoms with Gasteiger partial charge in [0.2, 0.25) is 0 Å². The third-order valence-electron chi connectivity index (χ3n) is 3.90. The number of allylic oxidation sites excluding steroid dienone is 1. The van der Waals surface area contributed by atoms with Gasteiger partial charge in [0, 0.05) is 4.90 Å². The second-order valence-corrected chi connectivity index (χ2v) is 6.67. The Balaban J connectivity index is 1.86. The van der Waals surface area contributed by atoms with Crippen LogP contribution in [0.1, 0.15) is 40.4 Å². The Hall–Kier alpha value is -2.00. The summed E-state index contributed by atoms with van der Waals surface area (Å²) < 4.78 is 0. The van der Waals surface area contributed by atoms with E-state index >= 15 is 0 Å². The molecule has 0 aromatic heterocycles. The van der Waals surface area contributed by atoms with Crippen molar-refractivity contribution in [1.29, 1.82) is 0 Å². The highest BCUT2D eigenvalue weighted by Gasteiger charge is 2.09. The lowest BCUT2D eigenvalue weighted by atomic mass is 10.0. The molecule has 0 aliphatic carbocycles. The van der Waals surface area contributed by atoms with Crippen molar-refractivity contribution in [2.24, 2.45) is 0 Å². The van der Waals surface area contributed by atoms with Gasteiger partial charge < -0.3 is 5.11 Å². The van der Waals surface area contributed by atoms with Gasteiger partial charge in [-0.15, -0.1) is 11.8 Å². The maximum absolute atomic E-state index is 10.9. The highest BCUT2D eigenvalue weighted by atomic mass is 32.2. The van der Waals surface area contributed by atoms with E-state index in [9.17, 15) is 4.79 Å². The van der Waals surface area contributed by atoms with Gasteiger partial charge in [-0.25, -0.2) is 4.79 Å². The van der Waals surface area contributed by atoms with Crippen LogP contribution < -0.4 is 0 Å². The summed E-state index contributed by atoms with van der Waals surface area (Å²) in [4.78, 5) is 12.3. The standard InChI is InChI=1S/C19H18O2S/c1-13(15-5-7-16(8-6-15)19(20)21)11-14-4-9-18-17(12-14)3-2-10-22-18/h4-9,11-12H,2-3,10H2,1H3,(H,20,21)/b13-11+. The summed E-state index contributed by atoms with van der Waals surface area (Å²) in [6, 6.07) is 13.7. The lowest BCUT2D eigenvalue weighted by molar-refractivity contribution is 0.0697. The van der Waals surface area contributed by atoms with Gasteiger partial charge in [-0.3, -0.25) is 0 Å². The lowest BCUT2D eigenvalue weighted by Crippen LogP contribution is -1.98. The zero-order valence-corrected chi connectivity index (χ0v) is 13.3. The largest absolute Gasteiger partial charge is 0.478 e. The minimum atomic E-state index is -0.889. The third kappa shape index (κ3) is 3.25. The zero-order chi connectivity index (χ0) is 15.5. The van der Waals surface area contributed by atoms with Gasteiger partial charge in [-0.05, 0) is 66.0 Å². The number of rotatable bonds is 3.